The van der Waals surface area contributed by atoms with Crippen molar-refractivity contribution in [2.45, 2.75) is 138 Å². The molecule has 0 atom stereocenters. The second-order valence-electron chi connectivity index (χ2n) is 19.8. The lowest BCUT2D eigenvalue weighted by Crippen LogP contribution is -2.09. The highest BCUT2D eigenvalue weighted by Gasteiger charge is 2.17. The van der Waals surface area contributed by atoms with E-state index in [1.54, 1.807) is 34.3 Å². The molecule has 9 rings (SSSR count). The second kappa shape index (κ2) is 63.5. The summed E-state index contributed by atoms with van der Waals surface area (Å²) in [4.78, 5) is 26.4. The van der Waals surface area contributed by atoms with Crippen LogP contribution in [0.1, 0.15) is 155 Å². The molecular formula is C85H121N9O12. The number of methoxy groups -OCH3 is 3. The zero-order valence-corrected chi connectivity index (χ0v) is 67.4. The summed E-state index contributed by atoms with van der Waals surface area (Å²) in [5, 5.41) is 21.5. The minimum Gasteiger partial charge on any atom is -0.487 e. The summed E-state index contributed by atoms with van der Waals surface area (Å²) >= 11 is 0. The summed E-state index contributed by atoms with van der Waals surface area (Å²) < 4.78 is 61.0. The van der Waals surface area contributed by atoms with Gasteiger partial charge in [0, 0.05) is 103 Å². The van der Waals surface area contributed by atoms with Crippen LogP contribution in [0.3, 0.4) is 0 Å². The molecule has 3 aromatic heterocycles. The first kappa shape index (κ1) is 96.0. The molecule has 106 heavy (non-hydrogen) atoms. The zero-order valence-electron chi connectivity index (χ0n) is 67.4. The third-order valence-corrected chi connectivity index (χ3v) is 12.6. The van der Waals surface area contributed by atoms with E-state index in [1.807, 2.05) is 214 Å². The fraction of sp³-hybridized carbons (Fsp3) is 0.435. The molecule has 0 saturated heterocycles. The van der Waals surface area contributed by atoms with Gasteiger partial charge in [0.15, 0.2) is 34.5 Å². The average molecular weight is 1460 g/mol. The standard InChI is InChI=1S/2C24H27N3O4.C22H23N3O4.C3H8.6C2H6/c2*1-4-7-18-8-6-9-19(14-18)27-24-20-15-22(30-12-10-28-3)23(31-13-11-29-5-2)16-21(20)25-17-26-24;1-3-5-16-6-4-7-17(12-16)25-22-18-13-20(29-11-10-27-2)21(28-9-8-26)14-19(18)23-15-24-22;1-3-2;6*1-2/h2*6,8-9,14-17H,5,10-13H2,1-3H3,(H,25,26,27);4,6-7,12-15,26H,8-11H2,1-2H3,(H,23,24,25);3H2,1-2H3;6*1-2H3. The number of fused-ring (bicyclic) bond motifs is 3. The van der Waals surface area contributed by atoms with Crippen LogP contribution < -0.4 is 44.4 Å². The molecule has 4 N–H and O–H groups in total. The van der Waals surface area contributed by atoms with Crippen molar-refractivity contribution in [1.82, 2.24) is 29.9 Å². The van der Waals surface area contributed by atoms with Crippen molar-refractivity contribution in [3.8, 4) is 70.0 Å². The maximum atomic E-state index is 9.08. The van der Waals surface area contributed by atoms with E-state index in [0.29, 0.717) is 137 Å². The Balaban J connectivity index is 0.00000143. The number of nitrogens with zero attached hydrogens (tertiary/aromatic N) is 6. The van der Waals surface area contributed by atoms with Crippen molar-refractivity contribution >= 4 is 67.2 Å². The van der Waals surface area contributed by atoms with Gasteiger partial charge in [-0.2, -0.15) is 0 Å². The van der Waals surface area contributed by atoms with Crippen LogP contribution in [0.25, 0.3) is 32.7 Å². The van der Waals surface area contributed by atoms with E-state index < -0.39 is 0 Å². The van der Waals surface area contributed by atoms with Gasteiger partial charge >= 0.3 is 0 Å². The van der Waals surface area contributed by atoms with Gasteiger partial charge in [0.25, 0.3) is 0 Å². The summed E-state index contributed by atoms with van der Waals surface area (Å²) in [6.07, 6.45) is 5.78. The minimum absolute atomic E-state index is 0.0941. The Hall–Kier alpha value is -10.0. The Kier molecular flexibility index (Phi) is 57.5. The van der Waals surface area contributed by atoms with Crippen LogP contribution in [0.5, 0.6) is 34.5 Å². The third-order valence-electron chi connectivity index (χ3n) is 12.6. The molecule has 0 unspecified atom stereocenters. The van der Waals surface area contributed by atoms with Gasteiger partial charge in [-0.25, -0.2) is 29.9 Å². The predicted octanol–water partition coefficient (Wildman–Crippen LogP) is 19.1. The summed E-state index contributed by atoms with van der Waals surface area (Å²) in [6, 6.07) is 34.6. The Bertz CT molecular complexity index is 3810. The number of anilines is 6. The number of ether oxygens (including phenoxy) is 11. The Labute approximate surface area is 634 Å². The highest BCUT2D eigenvalue weighted by atomic mass is 16.6. The van der Waals surface area contributed by atoms with E-state index in [1.165, 1.54) is 25.4 Å². The normalized spacial score (nSPS) is 9.42. The van der Waals surface area contributed by atoms with Gasteiger partial charge in [-0.1, -0.05) is 139 Å². The van der Waals surface area contributed by atoms with Gasteiger partial charge in [-0.05, 0) is 107 Å². The van der Waals surface area contributed by atoms with E-state index in [-0.39, 0.29) is 13.2 Å². The molecule has 21 heteroatoms. The van der Waals surface area contributed by atoms with Gasteiger partial charge in [0.2, 0.25) is 0 Å². The van der Waals surface area contributed by atoms with Gasteiger partial charge in [-0.15, -0.1) is 17.8 Å². The van der Waals surface area contributed by atoms with Crippen molar-refractivity contribution in [2.24, 2.45) is 0 Å². The molecule has 0 aliphatic carbocycles. The molecule has 9 aromatic rings. The van der Waals surface area contributed by atoms with E-state index >= 15 is 0 Å². The summed E-state index contributed by atoms with van der Waals surface area (Å²) in [7, 11) is 4.88. The second-order valence-corrected chi connectivity index (χ2v) is 19.8. The summed E-state index contributed by atoms with van der Waals surface area (Å²) in [6.45, 7) is 43.3. The smallest absolute Gasteiger partial charge is 0.163 e. The van der Waals surface area contributed by atoms with Crippen LogP contribution in [-0.4, -0.2) is 149 Å². The van der Waals surface area contributed by atoms with Crippen LogP contribution in [0, 0.1) is 35.5 Å². The number of hydrogen-bond acceptors (Lipinski definition) is 21. The number of aromatic nitrogens is 6. The van der Waals surface area contributed by atoms with Crippen molar-refractivity contribution in [3.05, 3.63) is 145 Å². The quantitative estimate of drug-likeness (QED) is 0.0233. The first-order chi connectivity index (χ1) is 52.1. The van der Waals surface area contributed by atoms with Crippen LogP contribution in [0.15, 0.2) is 128 Å². The van der Waals surface area contributed by atoms with Crippen LogP contribution in [0.4, 0.5) is 34.5 Å². The molecule has 0 aliphatic heterocycles. The number of hydrogen-bond donors (Lipinski definition) is 4. The maximum absolute atomic E-state index is 9.08. The highest BCUT2D eigenvalue weighted by Crippen LogP contribution is 2.38. The first-order valence-corrected chi connectivity index (χ1v) is 36.9. The lowest BCUT2D eigenvalue weighted by atomic mass is 10.2. The Morgan fingerprint density at radius 1 is 0.330 bits per heavy atom. The molecule has 0 spiro atoms. The minimum atomic E-state index is -0.0941. The number of aliphatic hydroxyl groups excluding tert-OH is 1. The summed E-state index contributed by atoms with van der Waals surface area (Å²) in [5.41, 5.74) is 7.60. The number of nitrogens with one attached hydrogen (secondary N) is 3. The van der Waals surface area contributed by atoms with Gasteiger partial charge in [0.1, 0.15) is 76.1 Å². The molecule has 3 heterocycles. The topological polar surface area (TPSA) is 235 Å². The average Bonchev–Trinajstić information content (AvgIpc) is 0.808. The first-order valence-electron chi connectivity index (χ1n) is 36.9. The molecule has 6 aromatic carbocycles. The third kappa shape index (κ3) is 36.1. The van der Waals surface area contributed by atoms with E-state index in [9.17, 15) is 0 Å². The van der Waals surface area contributed by atoms with E-state index in [2.05, 4.69) is 95.2 Å². The molecule has 0 aliphatic rings. The number of benzene rings is 6. The van der Waals surface area contributed by atoms with Crippen LogP contribution >= 0.6 is 0 Å². The van der Waals surface area contributed by atoms with E-state index in [0.717, 1.165) is 60.9 Å². The predicted molar refractivity (Wildman–Crippen MR) is 438 cm³/mol. The molecular weight excluding hydrogens is 1340 g/mol. The fourth-order valence-corrected chi connectivity index (χ4v) is 8.61. The number of rotatable bonds is 31. The van der Waals surface area contributed by atoms with Crippen molar-refractivity contribution in [3.63, 3.8) is 0 Å². The largest absolute Gasteiger partial charge is 0.487 e. The molecule has 578 valence electrons. The molecule has 0 amide bonds. The van der Waals surface area contributed by atoms with Gasteiger partial charge in [-0.3, -0.25) is 0 Å². The highest BCUT2D eigenvalue weighted by molar-refractivity contribution is 5.95. The molecule has 0 fully saturated rings. The Morgan fingerprint density at radius 2 is 0.585 bits per heavy atom. The lowest BCUT2D eigenvalue weighted by molar-refractivity contribution is 0.106. The maximum Gasteiger partial charge on any atom is 0.163 e. The van der Waals surface area contributed by atoms with Gasteiger partial charge < -0.3 is 73.2 Å². The number of aliphatic hydroxyl groups is 1. The molecule has 0 radical (unpaired) electrons. The van der Waals surface area contributed by atoms with Crippen LogP contribution in [-0.2, 0) is 23.7 Å². The van der Waals surface area contributed by atoms with Crippen molar-refractivity contribution < 1.29 is 57.2 Å². The van der Waals surface area contributed by atoms with Gasteiger partial charge in [0.05, 0.1) is 56.2 Å². The van der Waals surface area contributed by atoms with E-state index in [4.69, 9.17) is 57.2 Å². The Morgan fingerprint density at radius 3 is 0.830 bits per heavy atom. The molecule has 0 saturated carbocycles. The van der Waals surface area contributed by atoms with Crippen molar-refractivity contribution in [2.75, 3.05) is 130 Å². The fourth-order valence-electron chi connectivity index (χ4n) is 8.61. The monoisotopic (exact) mass is 1460 g/mol. The zero-order chi connectivity index (χ0) is 79.0. The van der Waals surface area contributed by atoms with Crippen molar-refractivity contribution in [1.29, 1.82) is 0 Å². The summed E-state index contributed by atoms with van der Waals surface area (Å²) in [5.74, 6) is 23.3. The lowest BCUT2D eigenvalue weighted by Gasteiger charge is -2.15. The van der Waals surface area contributed by atoms with Crippen LogP contribution in [0.2, 0.25) is 0 Å². The molecule has 21 nitrogen and oxygen atoms in total. The molecule has 0 bridgehead atoms. The SMILES string of the molecule is CC.CC.CC.CC.CC.CC.CC#Cc1cccc(Nc2ncnc3cc(OCCO)c(OCCOC)cc23)c1.CC#Cc1cccc(Nc2ncnc3cc(OCCOCC)c(OCCOC)cc23)c1.CC#Cc1cccc(Nc2ncnc3cc(OCCOCC)c(OCCOC)cc23)c1.CCC.